The van der Waals surface area contributed by atoms with E-state index in [4.69, 9.17) is 0 Å². The number of alkyl halides is 2. The largest absolute Gasteiger partial charge is 0.229 e. The van der Waals surface area contributed by atoms with Gasteiger partial charge in [-0.05, 0) is 18.1 Å². The van der Waals surface area contributed by atoms with E-state index in [1.165, 1.54) is 6.26 Å². The topological polar surface area (TPSA) is 34.1 Å². The Hall–Kier alpha value is 0.610. The summed E-state index contributed by atoms with van der Waals surface area (Å²) in [5.41, 5.74) is 0.908. The lowest BCUT2D eigenvalue weighted by Gasteiger charge is -2.31. The lowest BCUT2D eigenvalue weighted by atomic mass is 9.82. The molecule has 0 N–H and O–H groups in total. The molecule has 0 spiro atoms. The Bertz CT molecular complexity index is 496. The highest BCUT2D eigenvalue weighted by molar-refractivity contribution is 9.10. The van der Waals surface area contributed by atoms with Crippen LogP contribution in [-0.4, -0.2) is 31.1 Å². The van der Waals surface area contributed by atoms with Crippen LogP contribution in [0.3, 0.4) is 0 Å². The fourth-order valence-electron chi connectivity index (χ4n) is 1.72. The van der Waals surface area contributed by atoms with E-state index in [1.54, 1.807) is 0 Å². The lowest BCUT2D eigenvalue weighted by Crippen LogP contribution is -2.33. The maximum Gasteiger partial charge on any atom is 0.147 e. The smallest absolute Gasteiger partial charge is 0.147 e. The Labute approximate surface area is 134 Å². The summed E-state index contributed by atoms with van der Waals surface area (Å²) < 4.78 is 23.8. The molecular formula is C12H15Br3O2S. The van der Waals surface area contributed by atoms with E-state index in [1.807, 2.05) is 24.3 Å². The number of hydrogen-bond acceptors (Lipinski definition) is 2. The number of benzene rings is 1. The average Bonchev–Trinajstić information content (AvgIpc) is 2.31. The number of sulfone groups is 1. The van der Waals surface area contributed by atoms with Crippen LogP contribution in [0.2, 0.25) is 0 Å². The van der Waals surface area contributed by atoms with Gasteiger partial charge in [-0.2, -0.15) is 0 Å². The molecule has 1 aromatic carbocycles. The van der Waals surface area contributed by atoms with Crippen molar-refractivity contribution in [3.05, 3.63) is 34.3 Å². The lowest BCUT2D eigenvalue weighted by molar-refractivity contribution is 0.522. The van der Waals surface area contributed by atoms with Crippen molar-refractivity contribution in [1.29, 1.82) is 0 Å². The zero-order valence-electron chi connectivity index (χ0n) is 10.00. The van der Waals surface area contributed by atoms with Gasteiger partial charge in [0, 0.05) is 26.8 Å². The second-order valence-electron chi connectivity index (χ2n) is 4.41. The molecule has 0 saturated heterocycles. The summed E-state index contributed by atoms with van der Waals surface area (Å²) in [5, 5.41) is 1.42. The van der Waals surface area contributed by atoms with Gasteiger partial charge in [0.05, 0.1) is 5.75 Å². The van der Waals surface area contributed by atoms with Gasteiger partial charge in [0.1, 0.15) is 9.84 Å². The molecule has 0 saturated carbocycles. The van der Waals surface area contributed by atoms with Crippen molar-refractivity contribution < 1.29 is 8.42 Å². The van der Waals surface area contributed by atoms with E-state index in [-0.39, 0.29) is 11.2 Å². The van der Waals surface area contributed by atoms with Crippen LogP contribution >= 0.6 is 47.8 Å². The molecule has 0 radical (unpaired) electrons. The summed E-state index contributed by atoms with van der Waals surface area (Å²) >= 11 is 10.6. The number of hydrogen-bond donors (Lipinski definition) is 0. The van der Waals surface area contributed by atoms with Crippen molar-refractivity contribution in [3.8, 4) is 0 Å². The molecule has 0 atom stereocenters. The molecule has 0 aromatic heterocycles. The Balaban J connectivity index is 3.11. The Morgan fingerprint density at radius 1 is 1.17 bits per heavy atom. The van der Waals surface area contributed by atoms with Gasteiger partial charge in [-0.25, -0.2) is 8.42 Å². The first-order chi connectivity index (χ1) is 8.34. The van der Waals surface area contributed by atoms with Crippen molar-refractivity contribution in [2.24, 2.45) is 0 Å². The fourth-order valence-corrected chi connectivity index (χ4v) is 5.28. The highest BCUT2D eigenvalue weighted by atomic mass is 79.9. The molecule has 0 unspecified atom stereocenters. The second-order valence-corrected chi connectivity index (χ2v) is 8.64. The van der Waals surface area contributed by atoms with Gasteiger partial charge in [0.25, 0.3) is 0 Å². The summed E-state index contributed by atoms with van der Waals surface area (Å²) in [7, 11) is -2.96. The van der Waals surface area contributed by atoms with Gasteiger partial charge < -0.3 is 0 Å². The normalized spacial score (nSPS) is 12.7. The third kappa shape index (κ3) is 4.32. The van der Waals surface area contributed by atoms with Crippen LogP contribution in [0.5, 0.6) is 0 Å². The molecule has 0 fully saturated rings. The predicted octanol–water partition coefficient (Wildman–Crippen LogP) is 3.91. The van der Waals surface area contributed by atoms with Crippen LogP contribution in [-0.2, 0) is 15.3 Å². The van der Waals surface area contributed by atoms with E-state index in [2.05, 4.69) is 47.8 Å². The fraction of sp³-hybridized carbons (Fsp3) is 0.500. The molecule has 2 nitrogen and oxygen atoms in total. The Morgan fingerprint density at radius 3 is 2.17 bits per heavy atom. The first-order valence-electron chi connectivity index (χ1n) is 5.39. The van der Waals surface area contributed by atoms with E-state index >= 15 is 0 Å². The maximum absolute atomic E-state index is 11.4. The highest BCUT2D eigenvalue weighted by Gasteiger charge is 2.32. The van der Waals surface area contributed by atoms with E-state index in [0.717, 1.165) is 10.0 Å². The van der Waals surface area contributed by atoms with E-state index in [0.29, 0.717) is 17.1 Å². The molecule has 0 aliphatic heterocycles. The second kappa shape index (κ2) is 6.86. The van der Waals surface area contributed by atoms with Crippen LogP contribution in [0.25, 0.3) is 0 Å². The van der Waals surface area contributed by atoms with Crippen molar-refractivity contribution in [3.63, 3.8) is 0 Å². The third-order valence-corrected chi connectivity index (χ3v) is 6.69. The summed E-state index contributed by atoms with van der Waals surface area (Å²) in [4.78, 5) is 0. The van der Waals surface area contributed by atoms with Gasteiger partial charge >= 0.3 is 0 Å². The molecule has 0 aliphatic carbocycles. The summed E-state index contributed by atoms with van der Waals surface area (Å²) in [6, 6.07) is 7.95. The standard InChI is InChI=1S/C12H15Br3O2S/c1-18(16,17)7-6-12(8-13,9-14)10-4-2-3-5-11(10)15/h2-5H,6-9H2,1H3. The maximum atomic E-state index is 11.4. The van der Waals surface area contributed by atoms with E-state index < -0.39 is 9.84 Å². The van der Waals surface area contributed by atoms with Crippen molar-refractivity contribution in [2.75, 3.05) is 22.7 Å². The van der Waals surface area contributed by atoms with Crippen LogP contribution < -0.4 is 0 Å². The molecule has 102 valence electrons. The van der Waals surface area contributed by atoms with Crippen molar-refractivity contribution in [1.82, 2.24) is 0 Å². The molecule has 18 heavy (non-hydrogen) atoms. The average molecular weight is 463 g/mol. The van der Waals surface area contributed by atoms with Crippen molar-refractivity contribution >= 4 is 57.6 Å². The zero-order valence-corrected chi connectivity index (χ0v) is 15.6. The Morgan fingerprint density at radius 2 is 1.72 bits per heavy atom. The SMILES string of the molecule is CS(=O)(=O)CCC(CBr)(CBr)c1ccccc1Br. The van der Waals surface area contributed by atoms with Gasteiger partial charge in [0.2, 0.25) is 0 Å². The van der Waals surface area contributed by atoms with Crippen LogP contribution in [0.1, 0.15) is 12.0 Å². The first kappa shape index (κ1) is 16.7. The Kier molecular flexibility index (Phi) is 6.35. The van der Waals surface area contributed by atoms with E-state index in [9.17, 15) is 8.42 Å². The summed E-state index contributed by atoms with van der Waals surface area (Å²) in [6.45, 7) is 0. The molecule has 0 amide bonds. The zero-order chi connectivity index (χ0) is 13.8. The quantitative estimate of drug-likeness (QED) is 0.600. The molecule has 0 bridgehead atoms. The van der Waals surface area contributed by atoms with Crippen LogP contribution in [0.15, 0.2) is 28.7 Å². The molecule has 1 rings (SSSR count). The molecule has 6 heteroatoms. The van der Waals surface area contributed by atoms with Gasteiger partial charge in [-0.1, -0.05) is 66.0 Å². The van der Waals surface area contributed by atoms with Crippen molar-refractivity contribution in [2.45, 2.75) is 11.8 Å². The van der Waals surface area contributed by atoms with Gasteiger partial charge in [-0.15, -0.1) is 0 Å². The molecule has 0 heterocycles. The monoisotopic (exact) mass is 460 g/mol. The van der Waals surface area contributed by atoms with Gasteiger partial charge in [-0.3, -0.25) is 0 Å². The van der Waals surface area contributed by atoms with Crippen LogP contribution in [0, 0.1) is 0 Å². The number of halogens is 3. The third-order valence-electron chi connectivity index (χ3n) is 2.91. The van der Waals surface area contributed by atoms with Gasteiger partial charge in [0.15, 0.2) is 0 Å². The summed E-state index contributed by atoms with van der Waals surface area (Å²) in [6.07, 6.45) is 1.87. The molecular weight excluding hydrogens is 448 g/mol. The van der Waals surface area contributed by atoms with Crippen LogP contribution in [0.4, 0.5) is 0 Å². The molecule has 1 aromatic rings. The minimum absolute atomic E-state index is 0.186. The predicted molar refractivity (Wildman–Crippen MR) is 87.7 cm³/mol. The highest BCUT2D eigenvalue weighted by Crippen LogP contribution is 2.37. The number of rotatable bonds is 6. The minimum atomic E-state index is -2.96. The summed E-state index contributed by atoms with van der Waals surface area (Å²) in [5.74, 6) is 0.186. The minimum Gasteiger partial charge on any atom is -0.229 e. The molecule has 0 aliphatic rings. The first-order valence-corrected chi connectivity index (χ1v) is 10.5.